The van der Waals surface area contributed by atoms with Crippen molar-refractivity contribution in [3.63, 3.8) is 0 Å². The van der Waals surface area contributed by atoms with Gasteiger partial charge in [0.05, 0.1) is 0 Å². The fourth-order valence-electron chi connectivity index (χ4n) is 2.69. The maximum Gasteiger partial charge on any atom is 0.169 e. The summed E-state index contributed by atoms with van der Waals surface area (Å²) in [6.07, 6.45) is 0. The van der Waals surface area contributed by atoms with Gasteiger partial charge >= 0.3 is 0 Å². The van der Waals surface area contributed by atoms with Crippen LogP contribution in [-0.4, -0.2) is 43.4 Å². The summed E-state index contributed by atoms with van der Waals surface area (Å²) in [6.45, 7) is 11.1. The molecule has 1 aliphatic heterocycles. The summed E-state index contributed by atoms with van der Waals surface area (Å²) in [5.41, 5.74) is 1.60. The van der Waals surface area contributed by atoms with E-state index in [0.29, 0.717) is 0 Å². The largest absolute Gasteiger partial charge is 0.314 e. The van der Waals surface area contributed by atoms with Gasteiger partial charge in [-0.05, 0) is 12.5 Å². The molecule has 1 heterocycles. The highest BCUT2D eigenvalue weighted by molar-refractivity contribution is 6.01. The number of ketones is 1. The van der Waals surface area contributed by atoms with Crippen LogP contribution >= 0.6 is 0 Å². The third-order valence-electron chi connectivity index (χ3n) is 3.83. The molecule has 0 aliphatic carbocycles. The van der Waals surface area contributed by atoms with Gasteiger partial charge in [0.25, 0.3) is 0 Å². The summed E-state index contributed by atoms with van der Waals surface area (Å²) in [7, 11) is 0. The molecule has 104 valence electrons. The van der Waals surface area contributed by atoms with Gasteiger partial charge < -0.3 is 5.32 Å². The Bertz CT molecular complexity index is 448. The Morgan fingerprint density at radius 1 is 1.26 bits per heavy atom. The van der Waals surface area contributed by atoms with E-state index in [1.54, 1.807) is 0 Å². The number of nitrogens with zero attached hydrogens (tertiary/aromatic N) is 1. The van der Waals surface area contributed by atoms with E-state index < -0.39 is 0 Å². The van der Waals surface area contributed by atoms with E-state index in [9.17, 15) is 4.79 Å². The fraction of sp³-hybridized carbons (Fsp3) is 0.562. The number of nitrogens with one attached hydrogen (secondary N) is 1. The van der Waals surface area contributed by atoms with Crippen LogP contribution in [0.4, 0.5) is 0 Å². The van der Waals surface area contributed by atoms with Crippen molar-refractivity contribution in [2.45, 2.75) is 20.8 Å². The second kappa shape index (κ2) is 5.85. The summed E-state index contributed by atoms with van der Waals surface area (Å²) < 4.78 is 0. The Kier molecular flexibility index (Phi) is 4.38. The minimum Gasteiger partial charge on any atom is -0.314 e. The average molecular weight is 260 g/mol. The van der Waals surface area contributed by atoms with Crippen molar-refractivity contribution in [1.82, 2.24) is 10.2 Å². The third kappa shape index (κ3) is 3.43. The van der Waals surface area contributed by atoms with Gasteiger partial charge in [-0.1, -0.05) is 38.1 Å². The standard InChI is InChI=1S/C16H24N2O/c1-13-6-4-5-7-14(13)15(19)16(2,3)12-18-10-8-17-9-11-18/h4-7,17H,8-12H2,1-3H3. The van der Waals surface area contributed by atoms with Gasteiger partial charge in [0, 0.05) is 43.7 Å². The van der Waals surface area contributed by atoms with Crippen molar-refractivity contribution in [2.75, 3.05) is 32.7 Å². The molecule has 1 aliphatic rings. The Morgan fingerprint density at radius 2 is 1.89 bits per heavy atom. The lowest BCUT2D eigenvalue weighted by atomic mass is 9.82. The molecule has 1 fully saturated rings. The molecule has 0 unspecified atom stereocenters. The molecule has 0 aromatic heterocycles. The highest BCUT2D eigenvalue weighted by Gasteiger charge is 2.31. The first kappa shape index (κ1) is 14.2. The van der Waals surface area contributed by atoms with E-state index in [2.05, 4.69) is 24.1 Å². The molecule has 1 N–H and O–H groups in total. The minimum atomic E-state index is -0.330. The van der Waals surface area contributed by atoms with Crippen molar-refractivity contribution in [3.05, 3.63) is 35.4 Å². The first-order chi connectivity index (χ1) is 9.00. The van der Waals surface area contributed by atoms with Crippen molar-refractivity contribution >= 4 is 5.78 Å². The molecule has 19 heavy (non-hydrogen) atoms. The van der Waals surface area contributed by atoms with E-state index in [4.69, 9.17) is 0 Å². The summed E-state index contributed by atoms with van der Waals surface area (Å²) >= 11 is 0. The molecule has 1 saturated heterocycles. The molecule has 3 heteroatoms. The maximum atomic E-state index is 12.7. The Labute approximate surface area is 116 Å². The third-order valence-corrected chi connectivity index (χ3v) is 3.83. The predicted molar refractivity (Wildman–Crippen MR) is 78.6 cm³/mol. The first-order valence-electron chi connectivity index (χ1n) is 7.04. The van der Waals surface area contributed by atoms with E-state index in [0.717, 1.165) is 43.9 Å². The number of carbonyl (C=O) groups is 1. The van der Waals surface area contributed by atoms with Crippen LogP contribution in [0.25, 0.3) is 0 Å². The number of benzene rings is 1. The van der Waals surface area contributed by atoms with E-state index in [-0.39, 0.29) is 11.2 Å². The molecular weight excluding hydrogens is 236 g/mol. The van der Waals surface area contributed by atoms with Crippen LogP contribution in [0.15, 0.2) is 24.3 Å². The molecule has 2 rings (SSSR count). The number of aryl methyl sites for hydroxylation is 1. The van der Waals surface area contributed by atoms with Gasteiger partial charge in [-0.3, -0.25) is 9.69 Å². The Balaban J connectivity index is 2.10. The monoisotopic (exact) mass is 260 g/mol. The number of piperazine rings is 1. The highest BCUT2D eigenvalue weighted by atomic mass is 16.1. The van der Waals surface area contributed by atoms with Gasteiger partial charge in [0.15, 0.2) is 5.78 Å². The molecule has 0 spiro atoms. The Morgan fingerprint density at radius 3 is 2.53 bits per heavy atom. The zero-order valence-corrected chi connectivity index (χ0v) is 12.2. The van der Waals surface area contributed by atoms with Crippen LogP contribution in [-0.2, 0) is 0 Å². The van der Waals surface area contributed by atoms with Crippen molar-refractivity contribution < 1.29 is 4.79 Å². The number of rotatable bonds is 4. The molecule has 1 aromatic rings. The summed E-state index contributed by atoms with van der Waals surface area (Å²) in [6, 6.07) is 7.88. The van der Waals surface area contributed by atoms with Crippen molar-refractivity contribution in [3.8, 4) is 0 Å². The van der Waals surface area contributed by atoms with E-state index in [1.165, 1.54) is 0 Å². The fourth-order valence-corrected chi connectivity index (χ4v) is 2.69. The van der Waals surface area contributed by atoms with Crippen LogP contribution in [0, 0.1) is 12.3 Å². The average Bonchev–Trinajstić information content (AvgIpc) is 2.39. The second-order valence-corrected chi connectivity index (χ2v) is 6.05. The normalized spacial score (nSPS) is 17.4. The lowest BCUT2D eigenvalue weighted by molar-refractivity contribution is 0.0751. The quantitative estimate of drug-likeness (QED) is 0.842. The zero-order chi connectivity index (χ0) is 13.9. The van der Waals surface area contributed by atoms with Gasteiger partial charge in [-0.15, -0.1) is 0 Å². The zero-order valence-electron chi connectivity index (χ0n) is 12.2. The van der Waals surface area contributed by atoms with Crippen LogP contribution in [0.3, 0.4) is 0 Å². The number of carbonyl (C=O) groups excluding carboxylic acids is 1. The number of hydrogen-bond acceptors (Lipinski definition) is 3. The smallest absolute Gasteiger partial charge is 0.169 e. The number of Topliss-reactive ketones (excluding diaryl/α,β-unsaturated/α-hetero) is 1. The van der Waals surface area contributed by atoms with Gasteiger partial charge in [-0.2, -0.15) is 0 Å². The first-order valence-corrected chi connectivity index (χ1v) is 7.04. The highest BCUT2D eigenvalue weighted by Crippen LogP contribution is 2.25. The van der Waals surface area contributed by atoms with E-state index >= 15 is 0 Å². The molecule has 0 saturated carbocycles. The summed E-state index contributed by atoms with van der Waals surface area (Å²) in [4.78, 5) is 15.1. The molecule has 0 bridgehead atoms. The molecular formula is C16H24N2O. The Hall–Kier alpha value is -1.19. The van der Waals surface area contributed by atoms with Crippen molar-refractivity contribution in [2.24, 2.45) is 5.41 Å². The van der Waals surface area contributed by atoms with E-state index in [1.807, 2.05) is 31.2 Å². The number of hydrogen-bond donors (Lipinski definition) is 1. The van der Waals surface area contributed by atoms with Crippen LogP contribution in [0.5, 0.6) is 0 Å². The molecule has 0 radical (unpaired) electrons. The van der Waals surface area contributed by atoms with Crippen LogP contribution in [0.2, 0.25) is 0 Å². The molecule has 0 atom stereocenters. The molecule has 3 nitrogen and oxygen atoms in total. The van der Waals surface area contributed by atoms with Gasteiger partial charge in [0.1, 0.15) is 0 Å². The second-order valence-electron chi connectivity index (χ2n) is 6.05. The predicted octanol–water partition coefficient (Wildman–Crippen LogP) is 2.11. The lowest BCUT2D eigenvalue weighted by Crippen LogP contribution is -2.48. The van der Waals surface area contributed by atoms with Crippen molar-refractivity contribution in [1.29, 1.82) is 0 Å². The topological polar surface area (TPSA) is 32.3 Å². The maximum absolute atomic E-state index is 12.7. The van der Waals surface area contributed by atoms with Crippen LogP contribution in [0.1, 0.15) is 29.8 Å². The van der Waals surface area contributed by atoms with Gasteiger partial charge in [-0.25, -0.2) is 0 Å². The van der Waals surface area contributed by atoms with Crippen LogP contribution < -0.4 is 5.32 Å². The molecule has 1 aromatic carbocycles. The molecule has 0 amide bonds. The summed E-state index contributed by atoms with van der Waals surface area (Å²) in [5, 5.41) is 3.34. The summed E-state index contributed by atoms with van der Waals surface area (Å²) in [5.74, 6) is 0.254. The van der Waals surface area contributed by atoms with Gasteiger partial charge in [0.2, 0.25) is 0 Å². The minimum absolute atomic E-state index is 0.254. The lowest BCUT2D eigenvalue weighted by Gasteiger charge is -2.34. The SMILES string of the molecule is Cc1ccccc1C(=O)C(C)(C)CN1CCNCC1.